The molecule has 0 fully saturated rings. The number of benzene rings is 1. The van der Waals surface area contributed by atoms with Crippen molar-refractivity contribution in [1.82, 2.24) is 9.38 Å². The maximum absolute atomic E-state index is 11.0. The molecule has 0 aliphatic carbocycles. The normalized spacial score (nSPS) is 11.4. The number of carboxylic acids is 1. The number of pyridine rings is 1. The van der Waals surface area contributed by atoms with Crippen molar-refractivity contribution in [2.75, 3.05) is 0 Å². The van der Waals surface area contributed by atoms with Gasteiger partial charge in [-0.05, 0) is 43.7 Å². The van der Waals surface area contributed by atoms with Crippen LogP contribution in [-0.4, -0.2) is 20.5 Å². The van der Waals surface area contributed by atoms with Gasteiger partial charge in [-0.2, -0.15) is 0 Å². The third kappa shape index (κ3) is 2.46. The number of fused-ring (bicyclic) bond motifs is 1. The second-order valence-corrected chi connectivity index (χ2v) is 4.96. The monoisotopic (exact) mass is 294 g/mol. The molecule has 3 aromatic rings. The summed E-state index contributed by atoms with van der Waals surface area (Å²) in [6.45, 7) is 3.85. The average Bonchev–Trinajstić information content (AvgIpc) is 2.83. The fourth-order valence-corrected chi connectivity index (χ4v) is 2.23. The molecule has 1 aromatic carbocycles. The SMILES string of the molecule is Cc1nc2c(C)cccn2c1N=Nc1cccc(C(=O)O)c1. The topological polar surface area (TPSA) is 79.3 Å². The van der Waals surface area contributed by atoms with Gasteiger partial charge in [-0.3, -0.25) is 4.40 Å². The molecular weight excluding hydrogens is 280 g/mol. The smallest absolute Gasteiger partial charge is 0.335 e. The van der Waals surface area contributed by atoms with Crippen molar-refractivity contribution in [3.63, 3.8) is 0 Å². The Balaban J connectivity index is 2.03. The van der Waals surface area contributed by atoms with Gasteiger partial charge in [0, 0.05) is 6.20 Å². The lowest BCUT2D eigenvalue weighted by molar-refractivity contribution is 0.0697. The minimum absolute atomic E-state index is 0.183. The van der Waals surface area contributed by atoms with Crippen LogP contribution in [0.3, 0.4) is 0 Å². The molecule has 2 aromatic heterocycles. The van der Waals surface area contributed by atoms with Crippen LogP contribution in [0.15, 0.2) is 52.8 Å². The van der Waals surface area contributed by atoms with E-state index in [1.165, 1.54) is 12.1 Å². The van der Waals surface area contributed by atoms with Crippen molar-refractivity contribution in [3.8, 4) is 0 Å². The average molecular weight is 294 g/mol. The van der Waals surface area contributed by atoms with Gasteiger partial charge in [0.2, 0.25) is 0 Å². The van der Waals surface area contributed by atoms with E-state index in [0.29, 0.717) is 11.5 Å². The molecule has 0 atom stereocenters. The number of nitrogens with zero attached hydrogens (tertiary/aromatic N) is 4. The van der Waals surface area contributed by atoms with Gasteiger partial charge in [-0.1, -0.05) is 12.1 Å². The van der Waals surface area contributed by atoms with Gasteiger partial charge in [0.05, 0.1) is 16.9 Å². The van der Waals surface area contributed by atoms with E-state index in [1.807, 2.05) is 36.6 Å². The van der Waals surface area contributed by atoms with E-state index < -0.39 is 5.97 Å². The number of imidazole rings is 1. The Bertz CT molecular complexity index is 896. The zero-order valence-electron chi connectivity index (χ0n) is 12.2. The van der Waals surface area contributed by atoms with Crippen LogP contribution in [0, 0.1) is 13.8 Å². The van der Waals surface area contributed by atoms with E-state index in [2.05, 4.69) is 15.2 Å². The van der Waals surface area contributed by atoms with Crippen LogP contribution in [0.25, 0.3) is 5.65 Å². The molecule has 0 aliphatic heterocycles. The van der Waals surface area contributed by atoms with Gasteiger partial charge in [-0.25, -0.2) is 9.78 Å². The molecule has 0 radical (unpaired) electrons. The van der Waals surface area contributed by atoms with Gasteiger partial charge >= 0.3 is 5.97 Å². The summed E-state index contributed by atoms with van der Waals surface area (Å²) in [5, 5.41) is 17.4. The molecular formula is C16H14N4O2. The molecule has 0 saturated carbocycles. The van der Waals surface area contributed by atoms with Crippen molar-refractivity contribution in [2.45, 2.75) is 13.8 Å². The molecule has 0 aliphatic rings. The molecule has 0 unspecified atom stereocenters. The van der Waals surface area contributed by atoms with Crippen molar-refractivity contribution >= 4 is 23.1 Å². The Morgan fingerprint density at radius 2 is 2.00 bits per heavy atom. The van der Waals surface area contributed by atoms with Crippen LogP contribution in [0.4, 0.5) is 11.5 Å². The van der Waals surface area contributed by atoms with Crippen LogP contribution < -0.4 is 0 Å². The molecule has 3 rings (SSSR count). The third-order valence-electron chi connectivity index (χ3n) is 3.34. The molecule has 6 heteroatoms. The maximum atomic E-state index is 11.0. The fraction of sp³-hybridized carbons (Fsp3) is 0.125. The second kappa shape index (κ2) is 5.40. The number of carbonyl (C=O) groups is 1. The summed E-state index contributed by atoms with van der Waals surface area (Å²) in [5.74, 6) is -0.349. The van der Waals surface area contributed by atoms with E-state index in [0.717, 1.165) is 16.9 Å². The zero-order valence-corrected chi connectivity index (χ0v) is 12.2. The van der Waals surface area contributed by atoms with Crippen molar-refractivity contribution in [2.24, 2.45) is 10.2 Å². The molecule has 6 nitrogen and oxygen atoms in total. The number of aryl methyl sites for hydroxylation is 2. The van der Waals surface area contributed by atoms with Gasteiger partial charge in [0.15, 0.2) is 5.82 Å². The second-order valence-electron chi connectivity index (χ2n) is 4.96. The van der Waals surface area contributed by atoms with E-state index in [1.54, 1.807) is 12.1 Å². The van der Waals surface area contributed by atoms with Crippen LogP contribution >= 0.6 is 0 Å². The summed E-state index contributed by atoms with van der Waals surface area (Å²) in [7, 11) is 0. The Hall–Kier alpha value is -3.02. The Morgan fingerprint density at radius 1 is 1.18 bits per heavy atom. The van der Waals surface area contributed by atoms with Gasteiger partial charge in [0.25, 0.3) is 0 Å². The van der Waals surface area contributed by atoms with Crippen molar-refractivity contribution < 1.29 is 9.90 Å². The number of carboxylic acid groups (broad SMARTS) is 1. The number of azo groups is 1. The molecule has 2 heterocycles. The summed E-state index contributed by atoms with van der Waals surface area (Å²) >= 11 is 0. The number of aromatic carboxylic acids is 1. The predicted molar refractivity (Wildman–Crippen MR) is 82.2 cm³/mol. The summed E-state index contributed by atoms with van der Waals surface area (Å²) < 4.78 is 1.87. The Kier molecular flexibility index (Phi) is 3.42. The van der Waals surface area contributed by atoms with Gasteiger partial charge in [0.1, 0.15) is 5.65 Å². The summed E-state index contributed by atoms with van der Waals surface area (Å²) in [5.41, 5.74) is 3.34. The quantitative estimate of drug-likeness (QED) is 0.739. The minimum Gasteiger partial charge on any atom is -0.478 e. The molecule has 0 bridgehead atoms. The van der Waals surface area contributed by atoms with E-state index in [-0.39, 0.29) is 5.56 Å². The lowest BCUT2D eigenvalue weighted by Gasteiger charge is -1.99. The lowest BCUT2D eigenvalue weighted by Crippen LogP contribution is -1.94. The van der Waals surface area contributed by atoms with E-state index in [9.17, 15) is 4.79 Å². The first kappa shape index (κ1) is 13.9. The van der Waals surface area contributed by atoms with E-state index in [4.69, 9.17) is 5.11 Å². The molecule has 1 N–H and O–H groups in total. The lowest BCUT2D eigenvalue weighted by atomic mass is 10.2. The fourth-order valence-electron chi connectivity index (χ4n) is 2.23. The third-order valence-corrected chi connectivity index (χ3v) is 3.34. The maximum Gasteiger partial charge on any atom is 0.335 e. The summed E-state index contributed by atoms with van der Waals surface area (Å²) in [6.07, 6.45) is 1.88. The van der Waals surface area contributed by atoms with E-state index >= 15 is 0 Å². The molecule has 110 valence electrons. The highest BCUT2D eigenvalue weighted by molar-refractivity contribution is 5.88. The molecule has 0 saturated heterocycles. The molecule has 22 heavy (non-hydrogen) atoms. The standard InChI is InChI=1S/C16H14N4O2/c1-10-5-4-8-20-14(10)17-11(2)15(20)19-18-13-7-3-6-12(9-13)16(21)22/h3-9H,1-2H3,(H,21,22). The van der Waals surface area contributed by atoms with Crippen LogP contribution in [0.5, 0.6) is 0 Å². The number of hydrogen-bond acceptors (Lipinski definition) is 4. The van der Waals surface area contributed by atoms with Gasteiger partial charge in [-0.15, -0.1) is 10.2 Å². The van der Waals surface area contributed by atoms with Crippen LogP contribution in [0.2, 0.25) is 0 Å². The van der Waals surface area contributed by atoms with Gasteiger partial charge < -0.3 is 5.11 Å². The van der Waals surface area contributed by atoms with Crippen LogP contribution in [0.1, 0.15) is 21.6 Å². The van der Waals surface area contributed by atoms with Crippen molar-refractivity contribution in [1.29, 1.82) is 0 Å². The summed E-state index contributed by atoms with van der Waals surface area (Å²) in [6, 6.07) is 10.3. The van der Waals surface area contributed by atoms with Crippen molar-refractivity contribution in [3.05, 3.63) is 59.4 Å². The highest BCUT2D eigenvalue weighted by Gasteiger charge is 2.09. The van der Waals surface area contributed by atoms with Crippen LogP contribution in [-0.2, 0) is 0 Å². The predicted octanol–water partition coefficient (Wildman–Crippen LogP) is 4.06. The number of aromatic nitrogens is 2. The number of hydrogen-bond donors (Lipinski definition) is 1. The first-order valence-corrected chi connectivity index (χ1v) is 6.75. The minimum atomic E-state index is -0.987. The first-order valence-electron chi connectivity index (χ1n) is 6.75. The highest BCUT2D eigenvalue weighted by atomic mass is 16.4. The highest BCUT2D eigenvalue weighted by Crippen LogP contribution is 2.25. The Morgan fingerprint density at radius 3 is 2.77 bits per heavy atom. The molecule has 0 amide bonds. The Labute approximate surface area is 126 Å². The largest absolute Gasteiger partial charge is 0.478 e. The summed E-state index contributed by atoms with van der Waals surface area (Å²) in [4.78, 5) is 15.5. The number of rotatable bonds is 3. The first-order chi connectivity index (χ1) is 10.6. The molecule has 0 spiro atoms. The zero-order chi connectivity index (χ0) is 15.7.